The van der Waals surface area contributed by atoms with E-state index in [0.717, 1.165) is 27.7 Å². The molecule has 4 heteroatoms. The fourth-order valence-corrected chi connectivity index (χ4v) is 3.22. The summed E-state index contributed by atoms with van der Waals surface area (Å²) in [5, 5.41) is 1.62. The summed E-state index contributed by atoms with van der Waals surface area (Å²) in [5.74, 6) is 0.00617. The van der Waals surface area contributed by atoms with Crippen molar-refractivity contribution in [2.24, 2.45) is 4.99 Å². The Labute approximate surface area is 145 Å². The first-order chi connectivity index (χ1) is 11.5. The molecule has 2 aromatic carbocycles. The summed E-state index contributed by atoms with van der Waals surface area (Å²) in [7, 11) is 0. The number of aromatic nitrogens is 1. The third kappa shape index (κ3) is 2.33. The molecule has 2 heterocycles. The van der Waals surface area contributed by atoms with E-state index in [1.54, 1.807) is 24.4 Å². The Hall–Kier alpha value is -2.52. The van der Waals surface area contributed by atoms with Crippen LogP contribution in [0.1, 0.15) is 35.3 Å². The predicted molar refractivity (Wildman–Crippen MR) is 97.2 cm³/mol. The van der Waals surface area contributed by atoms with E-state index in [1.165, 1.54) is 0 Å². The van der Waals surface area contributed by atoms with Gasteiger partial charge in [0.1, 0.15) is 5.54 Å². The summed E-state index contributed by atoms with van der Waals surface area (Å²) in [6, 6.07) is 15.3. The number of benzene rings is 2. The van der Waals surface area contributed by atoms with Gasteiger partial charge in [0.05, 0.1) is 11.2 Å². The Kier molecular flexibility index (Phi) is 3.29. The third-order valence-electron chi connectivity index (χ3n) is 4.29. The van der Waals surface area contributed by atoms with Crippen molar-refractivity contribution in [3.8, 4) is 0 Å². The highest BCUT2D eigenvalue weighted by atomic mass is 35.5. The number of ketones is 1. The van der Waals surface area contributed by atoms with E-state index in [1.807, 2.05) is 38.1 Å². The van der Waals surface area contributed by atoms with Gasteiger partial charge in [-0.1, -0.05) is 29.8 Å². The minimum atomic E-state index is -0.804. The van der Waals surface area contributed by atoms with Gasteiger partial charge in [-0.05, 0) is 44.2 Å². The van der Waals surface area contributed by atoms with Gasteiger partial charge in [-0.25, -0.2) is 0 Å². The summed E-state index contributed by atoms with van der Waals surface area (Å²) in [4.78, 5) is 21.9. The van der Waals surface area contributed by atoms with E-state index >= 15 is 0 Å². The average Bonchev–Trinajstić information content (AvgIpc) is 2.58. The maximum absolute atomic E-state index is 12.7. The number of carbonyl (C=O) groups excluding carboxylic acids is 1. The number of nitrogens with zero attached hydrogens (tertiary/aromatic N) is 2. The van der Waals surface area contributed by atoms with Gasteiger partial charge in [0.15, 0.2) is 5.78 Å². The first-order valence-electron chi connectivity index (χ1n) is 7.75. The minimum Gasteiger partial charge on any atom is -0.291 e. The van der Waals surface area contributed by atoms with Gasteiger partial charge in [-0.3, -0.25) is 14.8 Å². The number of fused-ring (bicyclic) bond motifs is 2. The lowest BCUT2D eigenvalue weighted by Gasteiger charge is -2.27. The van der Waals surface area contributed by atoms with Crippen LogP contribution in [0.3, 0.4) is 0 Å². The van der Waals surface area contributed by atoms with Gasteiger partial charge in [-0.15, -0.1) is 0 Å². The molecule has 118 valence electrons. The van der Waals surface area contributed by atoms with Crippen LogP contribution < -0.4 is 0 Å². The number of hydrogen-bond donors (Lipinski definition) is 0. The Balaban J connectivity index is 1.98. The summed E-state index contributed by atoms with van der Waals surface area (Å²) >= 11 is 6.16. The predicted octanol–water partition coefficient (Wildman–Crippen LogP) is 4.70. The molecule has 0 unspecified atom stereocenters. The lowest BCUT2D eigenvalue weighted by molar-refractivity contribution is 0.0912. The molecule has 0 amide bonds. The van der Waals surface area contributed by atoms with Crippen LogP contribution in [-0.4, -0.2) is 22.0 Å². The van der Waals surface area contributed by atoms with Crippen LogP contribution in [0.4, 0.5) is 0 Å². The standard InChI is InChI=1S/C20H15ClN2O/c1-20(2)19(24)15-8-7-14(21)10-16(15)18(23-20)13-9-12-5-3-4-6-17(12)22-11-13/h3-11H,1-2H3. The third-order valence-corrected chi connectivity index (χ3v) is 4.53. The topological polar surface area (TPSA) is 42.3 Å². The van der Waals surface area contributed by atoms with Crippen molar-refractivity contribution in [3.05, 3.63) is 76.4 Å². The number of rotatable bonds is 1. The fourth-order valence-electron chi connectivity index (χ4n) is 3.05. The molecule has 0 saturated heterocycles. The molecule has 0 radical (unpaired) electrons. The number of carbonyl (C=O) groups is 1. The maximum atomic E-state index is 12.7. The largest absolute Gasteiger partial charge is 0.291 e. The molecule has 1 aliphatic heterocycles. The molecule has 4 rings (SSSR count). The number of Topliss-reactive ketones (excluding diaryl/α,β-unsaturated/α-hetero) is 1. The molecule has 0 atom stereocenters. The lowest BCUT2D eigenvalue weighted by atomic mass is 9.84. The van der Waals surface area contributed by atoms with E-state index in [-0.39, 0.29) is 5.78 Å². The summed E-state index contributed by atoms with van der Waals surface area (Å²) < 4.78 is 0. The Bertz CT molecular complexity index is 1020. The molecule has 24 heavy (non-hydrogen) atoms. The van der Waals surface area contributed by atoms with E-state index in [4.69, 9.17) is 16.6 Å². The van der Waals surface area contributed by atoms with Gasteiger partial charge in [-0.2, -0.15) is 0 Å². The van der Waals surface area contributed by atoms with Gasteiger partial charge in [0, 0.05) is 33.3 Å². The molecule has 0 N–H and O–H groups in total. The number of halogens is 1. The number of aliphatic imine (C=N–C) groups is 1. The molecule has 0 saturated carbocycles. The number of para-hydroxylation sites is 1. The normalized spacial score (nSPS) is 16.0. The molecule has 0 bridgehead atoms. The van der Waals surface area contributed by atoms with Gasteiger partial charge in [0.25, 0.3) is 0 Å². The first-order valence-corrected chi connectivity index (χ1v) is 8.13. The zero-order valence-electron chi connectivity index (χ0n) is 13.4. The van der Waals surface area contributed by atoms with Crippen LogP contribution in [0.25, 0.3) is 10.9 Å². The van der Waals surface area contributed by atoms with Crippen molar-refractivity contribution in [1.82, 2.24) is 4.98 Å². The van der Waals surface area contributed by atoms with E-state index in [9.17, 15) is 4.79 Å². The van der Waals surface area contributed by atoms with Crippen LogP contribution in [0.2, 0.25) is 5.02 Å². The molecule has 3 aromatic rings. The van der Waals surface area contributed by atoms with Gasteiger partial charge in [0.2, 0.25) is 0 Å². The quantitative estimate of drug-likeness (QED) is 0.647. The van der Waals surface area contributed by atoms with Crippen LogP contribution in [0, 0.1) is 0 Å². The van der Waals surface area contributed by atoms with E-state index < -0.39 is 5.54 Å². The molecule has 0 aliphatic carbocycles. The van der Waals surface area contributed by atoms with E-state index in [0.29, 0.717) is 10.6 Å². The van der Waals surface area contributed by atoms with Crippen molar-refractivity contribution in [3.63, 3.8) is 0 Å². The first kappa shape index (κ1) is 15.0. The van der Waals surface area contributed by atoms with Crippen LogP contribution in [-0.2, 0) is 0 Å². The van der Waals surface area contributed by atoms with Crippen molar-refractivity contribution < 1.29 is 4.79 Å². The van der Waals surface area contributed by atoms with Crippen molar-refractivity contribution >= 4 is 34.0 Å². The van der Waals surface area contributed by atoms with Crippen molar-refractivity contribution in [2.45, 2.75) is 19.4 Å². The second-order valence-corrected chi connectivity index (χ2v) is 6.89. The van der Waals surface area contributed by atoms with Crippen LogP contribution >= 0.6 is 11.6 Å². The highest BCUT2D eigenvalue weighted by Gasteiger charge is 2.35. The molecular formula is C20H15ClN2O. The number of hydrogen-bond acceptors (Lipinski definition) is 3. The van der Waals surface area contributed by atoms with Gasteiger partial charge < -0.3 is 0 Å². The molecule has 0 spiro atoms. The zero-order valence-corrected chi connectivity index (χ0v) is 14.1. The molecular weight excluding hydrogens is 320 g/mol. The lowest BCUT2D eigenvalue weighted by Crippen LogP contribution is -2.36. The Morgan fingerprint density at radius 2 is 1.79 bits per heavy atom. The molecule has 0 fully saturated rings. The highest BCUT2D eigenvalue weighted by Crippen LogP contribution is 2.31. The monoisotopic (exact) mass is 334 g/mol. The summed E-state index contributed by atoms with van der Waals surface area (Å²) in [6.45, 7) is 3.67. The smallest absolute Gasteiger partial charge is 0.190 e. The minimum absolute atomic E-state index is 0.00617. The van der Waals surface area contributed by atoms with Crippen LogP contribution in [0.5, 0.6) is 0 Å². The SMILES string of the molecule is CC1(C)N=C(c2cnc3ccccc3c2)c2cc(Cl)ccc2C1=O. The number of pyridine rings is 1. The van der Waals surface area contributed by atoms with Gasteiger partial charge >= 0.3 is 0 Å². The molecule has 1 aliphatic rings. The summed E-state index contributed by atoms with van der Waals surface area (Å²) in [6.07, 6.45) is 1.80. The second-order valence-electron chi connectivity index (χ2n) is 6.46. The zero-order chi connectivity index (χ0) is 16.9. The fraction of sp³-hybridized carbons (Fsp3) is 0.150. The Morgan fingerprint density at radius 1 is 1.00 bits per heavy atom. The van der Waals surface area contributed by atoms with E-state index in [2.05, 4.69) is 11.1 Å². The molecule has 1 aromatic heterocycles. The maximum Gasteiger partial charge on any atom is 0.190 e. The Morgan fingerprint density at radius 3 is 2.62 bits per heavy atom. The highest BCUT2D eigenvalue weighted by molar-refractivity contribution is 6.32. The van der Waals surface area contributed by atoms with Crippen LogP contribution in [0.15, 0.2) is 59.7 Å². The summed E-state index contributed by atoms with van der Waals surface area (Å²) in [5.41, 5.74) is 3.20. The van der Waals surface area contributed by atoms with Crippen molar-refractivity contribution in [1.29, 1.82) is 0 Å². The molecule has 3 nitrogen and oxygen atoms in total. The van der Waals surface area contributed by atoms with Crippen molar-refractivity contribution in [2.75, 3.05) is 0 Å². The second kappa shape index (κ2) is 5.25. The average molecular weight is 335 g/mol.